The molecule has 0 saturated heterocycles. The van der Waals surface area contributed by atoms with E-state index in [1.807, 2.05) is 53.9 Å². The van der Waals surface area contributed by atoms with Crippen molar-refractivity contribution in [1.82, 2.24) is 9.97 Å². The van der Waals surface area contributed by atoms with Crippen LogP contribution in [-0.2, 0) is 21.7 Å². The predicted octanol–water partition coefficient (Wildman–Crippen LogP) is 13.6. The van der Waals surface area contributed by atoms with Crippen LogP contribution >= 0.6 is 0 Å². The van der Waals surface area contributed by atoms with E-state index in [4.69, 9.17) is 0 Å². The molecule has 3 rings (SSSR count). The summed E-state index contributed by atoms with van der Waals surface area (Å²) < 4.78 is 0. The Morgan fingerprint density at radius 2 is 0.773 bits per heavy atom. The molecule has 0 N–H and O–H groups in total. The zero-order chi connectivity index (χ0) is 35.5. The Morgan fingerprint density at radius 3 is 1.02 bits per heavy atom. The number of benzene rings is 1. The fraction of sp³-hybridized carbons (Fsp3) is 0.619. The zero-order valence-electron chi connectivity index (χ0n) is 33.2. The third kappa shape index (κ3) is 19.0. The van der Waals surface area contributed by atoms with E-state index in [9.17, 15) is 0 Å². The lowest BCUT2D eigenvalue weighted by Gasteiger charge is -2.22. The van der Waals surface area contributed by atoms with Crippen LogP contribution < -0.4 is 0 Å². The normalized spacial score (nSPS) is 11.0. The van der Waals surface area contributed by atoms with E-state index >= 15 is 0 Å². The monoisotopic (exact) mass is 607 g/mol. The van der Waals surface area contributed by atoms with E-state index in [2.05, 4.69) is 162 Å². The van der Waals surface area contributed by atoms with Crippen molar-refractivity contribution in [1.29, 1.82) is 0 Å². The lowest BCUT2D eigenvalue weighted by molar-refractivity contribution is 0.556. The van der Waals surface area contributed by atoms with Gasteiger partial charge in [-0.2, -0.15) is 0 Å². The standard InChI is InChI=1S/C13H21N.C12H19N.C11H16.3C2H6/c1-12(2,3)10-7-8-11(14-9-10)13(4,5)6;1-9(2)10-6-7-11(13-8-10)12(3,4)5;1-9-5-7-10(8-6-9)11(2,3)4;3*1-2/h7-9H,1-6H3;6-9H,1-5H3;5-8H,1-4H3;3*1-2H3. The molecule has 3 aromatic rings. The summed E-state index contributed by atoms with van der Waals surface area (Å²) in [4.78, 5) is 8.99. The van der Waals surface area contributed by atoms with Gasteiger partial charge in [0.25, 0.3) is 0 Å². The molecule has 0 atom stereocenters. The highest BCUT2D eigenvalue weighted by Crippen LogP contribution is 2.25. The second-order valence-corrected chi connectivity index (χ2v) is 14.9. The maximum atomic E-state index is 4.52. The minimum Gasteiger partial charge on any atom is -0.260 e. The third-order valence-electron chi connectivity index (χ3n) is 6.54. The van der Waals surface area contributed by atoms with Gasteiger partial charge in [-0.25, -0.2) is 0 Å². The molecule has 2 heterocycles. The Balaban J connectivity index is -0.000000529. The molecule has 0 aliphatic rings. The maximum absolute atomic E-state index is 4.52. The molecule has 252 valence electrons. The van der Waals surface area contributed by atoms with Crippen molar-refractivity contribution < 1.29 is 0 Å². The second kappa shape index (κ2) is 21.3. The molecule has 0 amide bonds. The molecule has 0 spiro atoms. The van der Waals surface area contributed by atoms with Crippen molar-refractivity contribution in [3.8, 4) is 0 Å². The summed E-state index contributed by atoms with van der Waals surface area (Å²) in [7, 11) is 0. The lowest BCUT2D eigenvalue weighted by Crippen LogP contribution is -2.16. The SMILES string of the molecule is CC.CC.CC.CC(C)(C)c1ccc(C(C)(C)C)nc1.CC(C)c1ccc(C(C)(C)C)nc1.Cc1ccc(C(C)(C)C)cc1. The van der Waals surface area contributed by atoms with Crippen molar-refractivity contribution in [3.63, 3.8) is 0 Å². The van der Waals surface area contributed by atoms with E-state index in [1.165, 1.54) is 22.3 Å². The van der Waals surface area contributed by atoms with E-state index in [-0.39, 0.29) is 21.7 Å². The summed E-state index contributed by atoms with van der Waals surface area (Å²) in [6.45, 7) is 44.9. The molecule has 0 radical (unpaired) electrons. The molecule has 0 bridgehead atoms. The molecule has 0 unspecified atom stereocenters. The van der Waals surface area contributed by atoms with Gasteiger partial charge in [0.1, 0.15) is 0 Å². The molecule has 2 heteroatoms. The molecule has 0 aliphatic heterocycles. The number of aryl methyl sites for hydroxylation is 1. The minimum atomic E-state index is 0.149. The molecule has 0 saturated carbocycles. The van der Waals surface area contributed by atoms with Crippen LogP contribution in [0.15, 0.2) is 60.9 Å². The van der Waals surface area contributed by atoms with Crippen molar-refractivity contribution in [2.45, 2.75) is 173 Å². The molecule has 1 aromatic carbocycles. The number of pyridine rings is 2. The van der Waals surface area contributed by atoms with Gasteiger partial charge in [-0.1, -0.05) is 180 Å². The first-order chi connectivity index (χ1) is 20.1. The average molecular weight is 607 g/mol. The fourth-order valence-electron chi connectivity index (χ4n) is 3.53. The Morgan fingerprint density at radius 1 is 0.432 bits per heavy atom. The molecular weight excluding hydrogens is 532 g/mol. The Bertz CT molecular complexity index is 1040. The third-order valence-corrected chi connectivity index (χ3v) is 6.54. The van der Waals surface area contributed by atoms with Gasteiger partial charge < -0.3 is 0 Å². The molecule has 2 nitrogen and oxygen atoms in total. The maximum Gasteiger partial charge on any atom is 0.0457 e. The van der Waals surface area contributed by atoms with E-state index in [0.29, 0.717) is 5.92 Å². The van der Waals surface area contributed by atoms with Crippen LogP contribution in [0.3, 0.4) is 0 Å². The predicted molar refractivity (Wildman–Crippen MR) is 203 cm³/mol. The highest BCUT2D eigenvalue weighted by Gasteiger charge is 2.18. The largest absolute Gasteiger partial charge is 0.260 e. The Hall–Kier alpha value is -2.48. The summed E-state index contributed by atoms with van der Waals surface area (Å²) in [5.74, 6) is 0.571. The minimum absolute atomic E-state index is 0.149. The van der Waals surface area contributed by atoms with Crippen LogP contribution in [0.5, 0.6) is 0 Å². The Kier molecular flexibility index (Phi) is 22.2. The number of hydrogen-bond acceptors (Lipinski definition) is 2. The lowest BCUT2D eigenvalue weighted by atomic mass is 9.86. The van der Waals surface area contributed by atoms with Crippen LogP contribution in [0.1, 0.15) is 178 Å². The van der Waals surface area contributed by atoms with Crippen LogP contribution in [0, 0.1) is 6.92 Å². The molecular formula is C42H74N2. The summed E-state index contributed by atoms with van der Waals surface area (Å²) in [5.41, 5.74) is 8.46. The second-order valence-electron chi connectivity index (χ2n) is 14.9. The van der Waals surface area contributed by atoms with Crippen LogP contribution in [0.4, 0.5) is 0 Å². The first-order valence-electron chi connectivity index (χ1n) is 17.1. The van der Waals surface area contributed by atoms with E-state index < -0.39 is 0 Å². The quantitative estimate of drug-likeness (QED) is 0.275. The van der Waals surface area contributed by atoms with Gasteiger partial charge in [0, 0.05) is 34.6 Å². The molecule has 2 aromatic heterocycles. The van der Waals surface area contributed by atoms with E-state index in [1.54, 1.807) is 0 Å². The van der Waals surface area contributed by atoms with E-state index in [0.717, 1.165) is 11.4 Å². The van der Waals surface area contributed by atoms with Crippen molar-refractivity contribution in [2.75, 3.05) is 0 Å². The summed E-state index contributed by atoms with van der Waals surface area (Å²) in [5, 5.41) is 0. The molecule has 44 heavy (non-hydrogen) atoms. The van der Waals surface area contributed by atoms with Gasteiger partial charge in [0.05, 0.1) is 0 Å². The highest BCUT2D eigenvalue weighted by atomic mass is 14.7. The highest BCUT2D eigenvalue weighted by molar-refractivity contribution is 5.27. The number of nitrogens with zero attached hydrogens (tertiary/aromatic N) is 2. The first-order valence-corrected chi connectivity index (χ1v) is 17.1. The Labute approximate surface area is 277 Å². The molecule has 0 aliphatic carbocycles. The number of hydrogen-bond donors (Lipinski definition) is 0. The fourth-order valence-corrected chi connectivity index (χ4v) is 3.53. The van der Waals surface area contributed by atoms with Gasteiger partial charge in [-0.15, -0.1) is 0 Å². The number of aromatic nitrogens is 2. The zero-order valence-corrected chi connectivity index (χ0v) is 33.2. The summed E-state index contributed by atoms with van der Waals surface area (Å²) >= 11 is 0. The van der Waals surface area contributed by atoms with Gasteiger partial charge in [-0.3, -0.25) is 9.97 Å². The van der Waals surface area contributed by atoms with Gasteiger partial charge in [-0.05, 0) is 52.5 Å². The van der Waals surface area contributed by atoms with Gasteiger partial charge in [0.2, 0.25) is 0 Å². The van der Waals surface area contributed by atoms with Crippen molar-refractivity contribution in [3.05, 3.63) is 94.6 Å². The smallest absolute Gasteiger partial charge is 0.0457 e. The van der Waals surface area contributed by atoms with Crippen molar-refractivity contribution >= 4 is 0 Å². The first kappa shape index (κ1) is 45.9. The summed E-state index contributed by atoms with van der Waals surface area (Å²) in [6, 6.07) is 17.4. The topological polar surface area (TPSA) is 25.8 Å². The van der Waals surface area contributed by atoms with Gasteiger partial charge >= 0.3 is 0 Å². The van der Waals surface area contributed by atoms with Crippen molar-refractivity contribution in [2.24, 2.45) is 0 Å². The van der Waals surface area contributed by atoms with Crippen LogP contribution in [0.25, 0.3) is 0 Å². The van der Waals surface area contributed by atoms with Crippen LogP contribution in [0.2, 0.25) is 0 Å². The average Bonchev–Trinajstić information content (AvgIpc) is 2.95. The molecule has 0 fully saturated rings. The van der Waals surface area contributed by atoms with Crippen LogP contribution in [-0.4, -0.2) is 9.97 Å². The van der Waals surface area contributed by atoms with Gasteiger partial charge in [0.15, 0.2) is 0 Å². The number of rotatable bonds is 1. The summed E-state index contributed by atoms with van der Waals surface area (Å²) in [6.07, 6.45) is 3.99.